The minimum Gasteiger partial charge on any atom is -0.326 e. The molecule has 0 bridgehead atoms. The van der Waals surface area contributed by atoms with Crippen LogP contribution in [0.25, 0.3) is 0 Å². The third-order valence-corrected chi connectivity index (χ3v) is 4.15. The van der Waals surface area contributed by atoms with Gasteiger partial charge in [-0.25, -0.2) is 4.39 Å². The molecule has 2 aromatic carbocycles. The number of benzene rings is 2. The Labute approximate surface area is 140 Å². The van der Waals surface area contributed by atoms with Crippen LogP contribution in [-0.4, -0.2) is 11.8 Å². The molecule has 5 heteroatoms. The molecule has 24 heavy (non-hydrogen) atoms. The first-order valence-electron chi connectivity index (χ1n) is 8.03. The molecule has 1 aliphatic rings. The molecule has 2 N–H and O–H groups in total. The van der Waals surface area contributed by atoms with Crippen molar-refractivity contribution in [3.05, 3.63) is 58.9 Å². The van der Waals surface area contributed by atoms with Crippen LogP contribution >= 0.6 is 0 Å². The normalized spacial score (nSPS) is 13.1. The zero-order chi connectivity index (χ0) is 17.1. The number of hydrogen-bond donors (Lipinski definition) is 2. The summed E-state index contributed by atoms with van der Waals surface area (Å²) in [6, 6.07) is 9.72. The predicted molar refractivity (Wildman–Crippen MR) is 91.7 cm³/mol. The van der Waals surface area contributed by atoms with Crippen molar-refractivity contribution in [1.82, 2.24) is 0 Å². The van der Waals surface area contributed by atoms with Crippen molar-refractivity contribution in [3.8, 4) is 0 Å². The summed E-state index contributed by atoms with van der Waals surface area (Å²) >= 11 is 0. The Kier molecular flexibility index (Phi) is 4.60. The Balaban J connectivity index is 1.80. The first-order valence-corrected chi connectivity index (χ1v) is 8.03. The number of rotatable bonds is 3. The van der Waals surface area contributed by atoms with Gasteiger partial charge in [0.1, 0.15) is 5.82 Å². The number of halogens is 1. The highest BCUT2D eigenvalue weighted by Crippen LogP contribution is 2.24. The summed E-state index contributed by atoms with van der Waals surface area (Å²) in [4.78, 5) is 23.5. The van der Waals surface area contributed by atoms with E-state index in [0.29, 0.717) is 11.3 Å². The first kappa shape index (κ1) is 16.2. The largest absolute Gasteiger partial charge is 0.326 e. The fourth-order valence-corrected chi connectivity index (χ4v) is 2.97. The Hall–Kier alpha value is -2.69. The van der Waals surface area contributed by atoms with Crippen LogP contribution in [-0.2, 0) is 17.6 Å². The third-order valence-electron chi connectivity index (χ3n) is 4.15. The Morgan fingerprint density at radius 3 is 2.46 bits per heavy atom. The Morgan fingerprint density at radius 2 is 1.71 bits per heavy atom. The highest BCUT2D eigenvalue weighted by atomic mass is 19.1. The topological polar surface area (TPSA) is 58.2 Å². The summed E-state index contributed by atoms with van der Waals surface area (Å²) in [5.74, 6) is -1.16. The van der Waals surface area contributed by atoms with Gasteiger partial charge in [0.25, 0.3) is 5.91 Å². The summed E-state index contributed by atoms with van der Waals surface area (Å²) < 4.78 is 13.9. The molecule has 2 amide bonds. The Bertz CT molecular complexity index is 802. The van der Waals surface area contributed by atoms with E-state index in [1.807, 2.05) is 12.1 Å². The van der Waals surface area contributed by atoms with Crippen LogP contribution in [0, 0.1) is 5.82 Å². The van der Waals surface area contributed by atoms with E-state index in [-0.39, 0.29) is 17.5 Å². The van der Waals surface area contributed by atoms with Crippen LogP contribution in [0.3, 0.4) is 0 Å². The number of hydrogen-bond acceptors (Lipinski definition) is 2. The molecule has 3 rings (SSSR count). The number of carbonyl (C=O) groups is 2. The second-order valence-corrected chi connectivity index (χ2v) is 6.02. The van der Waals surface area contributed by atoms with Gasteiger partial charge in [0.2, 0.25) is 5.91 Å². The SMILES string of the molecule is CC(=O)Nc1ccc(F)c(NC(=O)c2ccc3c(c2)CCCC3)c1. The average molecular weight is 326 g/mol. The third kappa shape index (κ3) is 3.62. The molecule has 2 aromatic rings. The second-order valence-electron chi connectivity index (χ2n) is 6.02. The van der Waals surface area contributed by atoms with E-state index in [2.05, 4.69) is 10.6 Å². The maximum Gasteiger partial charge on any atom is 0.255 e. The van der Waals surface area contributed by atoms with Gasteiger partial charge in [-0.2, -0.15) is 0 Å². The van der Waals surface area contributed by atoms with Crippen LogP contribution in [0.15, 0.2) is 36.4 Å². The maximum absolute atomic E-state index is 13.9. The molecule has 0 saturated carbocycles. The van der Waals surface area contributed by atoms with Crippen molar-refractivity contribution in [3.63, 3.8) is 0 Å². The lowest BCUT2D eigenvalue weighted by Gasteiger charge is -2.16. The van der Waals surface area contributed by atoms with Crippen molar-refractivity contribution < 1.29 is 14.0 Å². The molecule has 0 heterocycles. The lowest BCUT2D eigenvalue weighted by atomic mass is 9.90. The van der Waals surface area contributed by atoms with Gasteiger partial charge in [0.05, 0.1) is 5.69 Å². The van der Waals surface area contributed by atoms with Crippen LogP contribution in [0.5, 0.6) is 0 Å². The van der Waals surface area contributed by atoms with E-state index in [1.165, 1.54) is 42.7 Å². The quantitative estimate of drug-likeness (QED) is 0.898. The fraction of sp³-hybridized carbons (Fsp3) is 0.263. The van der Waals surface area contributed by atoms with Crippen LogP contribution < -0.4 is 10.6 Å². The molecule has 0 unspecified atom stereocenters. The smallest absolute Gasteiger partial charge is 0.255 e. The number of anilines is 2. The van der Waals surface area contributed by atoms with Crippen LogP contribution in [0.2, 0.25) is 0 Å². The maximum atomic E-state index is 13.9. The first-order chi connectivity index (χ1) is 11.5. The molecule has 0 saturated heterocycles. The number of amides is 2. The summed E-state index contributed by atoms with van der Waals surface area (Å²) in [5, 5.41) is 5.15. The Morgan fingerprint density at radius 1 is 0.958 bits per heavy atom. The van der Waals surface area contributed by atoms with Crippen molar-refractivity contribution >= 4 is 23.2 Å². The predicted octanol–water partition coefficient (Wildman–Crippen LogP) is 3.92. The lowest BCUT2D eigenvalue weighted by molar-refractivity contribution is -0.114. The molecular formula is C19H19FN2O2. The van der Waals surface area contributed by atoms with Crippen LogP contribution in [0.1, 0.15) is 41.3 Å². The van der Waals surface area contributed by atoms with Gasteiger partial charge in [-0.3, -0.25) is 9.59 Å². The van der Waals surface area contributed by atoms with Crippen LogP contribution in [0.4, 0.5) is 15.8 Å². The average Bonchev–Trinajstić information content (AvgIpc) is 2.57. The van der Waals surface area contributed by atoms with Gasteiger partial charge in [0.15, 0.2) is 0 Å². The molecule has 0 aromatic heterocycles. The zero-order valence-electron chi connectivity index (χ0n) is 13.5. The minimum atomic E-state index is -0.546. The van der Waals surface area contributed by atoms with E-state index in [0.717, 1.165) is 19.3 Å². The molecule has 1 aliphatic carbocycles. The number of nitrogens with one attached hydrogen (secondary N) is 2. The molecule has 0 atom stereocenters. The van der Waals surface area contributed by atoms with Gasteiger partial charge in [-0.1, -0.05) is 6.07 Å². The molecule has 0 spiro atoms. The lowest BCUT2D eigenvalue weighted by Crippen LogP contribution is -2.15. The molecule has 0 fully saturated rings. The molecule has 0 aliphatic heterocycles. The number of aryl methyl sites for hydroxylation is 2. The molecular weight excluding hydrogens is 307 g/mol. The van der Waals surface area contributed by atoms with Gasteiger partial charge in [0, 0.05) is 18.2 Å². The van der Waals surface area contributed by atoms with Crippen molar-refractivity contribution in [2.45, 2.75) is 32.6 Å². The van der Waals surface area contributed by atoms with E-state index in [1.54, 1.807) is 6.07 Å². The second kappa shape index (κ2) is 6.83. The standard InChI is InChI=1S/C19H19FN2O2/c1-12(23)21-16-8-9-17(20)18(11-16)22-19(24)15-7-6-13-4-2-3-5-14(13)10-15/h6-11H,2-5H2,1H3,(H,21,23)(H,22,24). The van der Waals surface area contributed by atoms with Gasteiger partial charge in [-0.15, -0.1) is 0 Å². The molecule has 4 nitrogen and oxygen atoms in total. The van der Waals surface area contributed by atoms with Crippen molar-refractivity contribution in [2.75, 3.05) is 10.6 Å². The van der Waals surface area contributed by atoms with E-state index < -0.39 is 5.82 Å². The van der Waals surface area contributed by atoms with Crippen molar-refractivity contribution in [2.24, 2.45) is 0 Å². The summed E-state index contributed by atoms with van der Waals surface area (Å²) in [6.07, 6.45) is 4.33. The monoisotopic (exact) mass is 326 g/mol. The summed E-state index contributed by atoms with van der Waals surface area (Å²) in [5.41, 5.74) is 3.48. The highest BCUT2D eigenvalue weighted by molar-refractivity contribution is 6.05. The highest BCUT2D eigenvalue weighted by Gasteiger charge is 2.14. The van der Waals surface area contributed by atoms with E-state index in [9.17, 15) is 14.0 Å². The van der Waals surface area contributed by atoms with E-state index in [4.69, 9.17) is 0 Å². The summed E-state index contributed by atoms with van der Waals surface area (Å²) in [7, 11) is 0. The van der Waals surface area contributed by atoms with Gasteiger partial charge in [-0.05, 0) is 67.1 Å². The number of fused-ring (bicyclic) bond motifs is 1. The van der Waals surface area contributed by atoms with E-state index >= 15 is 0 Å². The zero-order valence-corrected chi connectivity index (χ0v) is 13.5. The fourth-order valence-electron chi connectivity index (χ4n) is 2.97. The summed E-state index contributed by atoms with van der Waals surface area (Å²) in [6.45, 7) is 1.37. The minimum absolute atomic E-state index is 0.0453. The molecule has 0 radical (unpaired) electrons. The number of carbonyl (C=O) groups excluding carboxylic acids is 2. The van der Waals surface area contributed by atoms with Crippen molar-refractivity contribution in [1.29, 1.82) is 0 Å². The van der Waals surface area contributed by atoms with Gasteiger partial charge >= 0.3 is 0 Å². The van der Waals surface area contributed by atoms with Gasteiger partial charge < -0.3 is 10.6 Å². The molecule has 124 valence electrons.